The summed E-state index contributed by atoms with van der Waals surface area (Å²) in [6, 6.07) is -0.0799. The van der Waals surface area contributed by atoms with E-state index in [0.717, 1.165) is 24.3 Å². The van der Waals surface area contributed by atoms with Crippen molar-refractivity contribution in [1.29, 1.82) is 0 Å². The quantitative estimate of drug-likeness (QED) is 0.624. The number of hydrogen-bond donors (Lipinski definition) is 2. The molecule has 1 heterocycles. The molecule has 1 rings (SSSR count). The van der Waals surface area contributed by atoms with Gasteiger partial charge in [0.2, 0.25) is 0 Å². The molecule has 6 heteroatoms. The molecule has 0 aromatic carbocycles. The lowest BCUT2D eigenvalue weighted by atomic mass is 10.2. The van der Waals surface area contributed by atoms with Gasteiger partial charge in [-0.25, -0.2) is 0 Å². The second-order valence-electron chi connectivity index (χ2n) is 2.51. The molecule has 1 fully saturated rings. The maximum absolute atomic E-state index is 10.3. The second-order valence-corrected chi connectivity index (χ2v) is 4.84. The highest BCUT2D eigenvalue weighted by atomic mass is 32.2. The van der Waals surface area contributed by atoms with Crippen LogP contribution in [-0.4, -0.2) is 30.5 Å². The summed E-state index contributed by atoms with van der Waals surface area (Å²) >= 11 is 1.71. The third-order valence-electron chi connectivity index (χ3n) is 1.48. The summed E-state index contributed by atoms with van der Waals surface area (Å²) in [5.41, 5.74) is 0. The Bertz CT molecular complexity index is 208. The normalized spacial score (nSPS) is 26.8. The lowest BCUT2D eigenvalue weighted by Gasteiger charge is -2.20. The molecule has 0 saturated carbocycles. The molecular weight excluding hydrogens is 186 g/mol. The predicted molar refractivity (Wildman–Crippen MR) is 45.0 cm³/mol. The molecule has 0 aliphatic carbocycles. The number of thioether (sulfide) groups is 1. The average molecular weight is 197 g/mol. The Morgan fingerprint density at radius 1 is 1.55 bits per heavy atom. The van der Waals surface area contributed by atoms with E-state index in [0.29, 0.717) is 0 Å². The summed E-state index contributed by atoms with van der Waals surface area (Å²) in [4.78, 5) is 0. The molecule has 1 aliphatic rings. The zero-order valence-electron chi connectivity index (χ0n) is 5.99. The average Bonchev–Trinajstić information content (AvgIpc) is 1.85. The van der Waals surface area contributed by atoms with E-state index in [1.165, 1.54) is 0 Å². The summed E-state index contributed by atoms with van der Waals surface area (Å²) < 4.78 is 31.3. The van der Waals surface area contributed by atoms with Gasteiger partial charge in [-0.3, -0.25) is 4.55 Å². The van der Waals surface area contributed by atoms with Gasteiger partial charge < -0.3 is 0 Å². The Morgan fingerprint density at radius 2 is 2.27 bits per heavy atom. The van der Waals surface area contributed by atoms with Gasteiger partial charge in [0.1, 0.15) is 0 Å². The summed E-state index contributed by atoms with van der Waals surface area (Å²) in [6.07, 6.45) is 1.84. The molecule has 0 radical (unpaired) electrons. The highest BCUT2D eigenvalue weighted by Crippen LogP contribution is 2.16. The highest BCUT2D eigenvalue weighted by molar-refractivity contribution is 7.99. The maximum atomic E-state index is 10.3. The van der Waals surface area contributed by atoms with Gasteiger partial charge in [0, 0.05) is 11.8 Å². The Hall–Kier alpha value is 0.220. The summed E-state index contributed by atoms with van der Waals surface area (Å²) in [5, 5.41) is 0. The van der Waals surface area contributed by atoms with Crippen LogP contribution in [0.4, 0.5) is 0 Å². The van der Waals surface area contributed by atoms with Gasteiger partial charge in [0.15, 0.2) is 0 Å². The molecule has 1 saturated heterocycles. The van der Waals surface area contributed by atoms with E-state index >= 15 is 0 Å². The fourth-order valence-corrected chi connectivity index (χ4v) is 2.84. The van der Waals surface area contributed by atoms with E-state index in [4.69, 9.17) is 4.55 Å². The standard InChI is InChI=1S/C5H11NO3S2/c7-11(8,9)6-5-2-1-3-10-4-5/h5-6H,1-4H2,(H,7,8,9)/t5-/m0/s1. The molecular formula is C5H11NO3S2. The molecule has 0 aromatic rings. The number of nitrogens with one attached hydrogen (secondary N) is 1. The zero-order chi connectivity index (χ0) is 8.32. The van der Waals surface area contributed by atoms with E-state index in [1.54, 1.807) is 11.8 Å². The van der Waals surface area contributed by atoms with Crippen LogP contribution < -0.4 is 4.72 Å². The van der Waals surface area contributed by atoms with Crippen LogP contribution in [0.1, 0.15) is 12.8 Å². The van der Waals surface area contributed by atoms with Crippen LogP contribution in [0.2, 0.25) is 0 Å². The van der Waals surface area contributed by atoms with Gasteiger partial charge in [-0.1, -0.05) is 0 Å². The molecule has 66 valence electrons. The van der Waals surface area contributed by atoms with E-state index < -0.39 is 10.3 Å². The molecule has 11 heavy (non-hydrogen) atoms. The Morgan fingerprint density at radius 3 is 2.73 bits per heavy atom. The van der Waals surface area contributed by atoms with Crippen LogP contribution in [0.3, 0.4) is 0 Å². The summed E-state index contributed by atoms with van der Waals surface area (Å²) in [7, 11) is -3.99. The second kappa shape index (κ2) is 3.75. The van der Waals surface area contributed by atoms with Crippen LogP contribution >= 0.6 is 11.8 Å². The number of hydrogen-bond acceptors (Lipinski definition) is 3. The lowest BCUT2D eigenvalue weighted by molar-refractivity contribution is 0.450. The van der Waals surface area contributed by atoms with Crippen molar-refractivity contribution in [3.63, 3.8) is 0 Å². The SMILES string of the molecule is O=S(=O)(O)N[C@H]1CCCSC1. The van der Waals surface area contributed by atoms with Crippen LogP contribution in [0.25, 0.3) is 0 Å². The van der Waals surface area contributed by atoms with Crippen molar-refractivity contribution in [2.45, 2.75) is 18.9 Å². The Balaban J connectivity index is 2.36. The fraction of sp³-hybridized carbons (Fsp3) is 1.00. The molecule has 1 aliphatic heterocycles. The van der Waals surface area contributed by atoms with Gasteiger partial charge >= 0.3 is 10.3 Å². The van der Waals surface area contributed by atoms with Crippen LogP contribution in [-0.2, 0) is 10.3 Å². The minimum atomic E-state index is -3.99. The van der Waals surface area contributed by atoms with Crippen LogP contribution in [0.15, 0.2) is 0 Å². The van der Waals surface area contributed by atoms with Gasteiger partial charge in [-0.05, 0) is 18.6 Å². The molecule has 1 atom stereocenters. The van der Waals surface area contributed by atoms with Gasteiger partial charge in [0.05, 0.1) is 0 Å². The molecule has 2 N–H and O–H groups in total. The van der Waals surface area contributed by atoms with Crippen molar-refractivity contribution in [2.75, 3.05) is 11.5 Å². The first-order valence-corrected chi connectivity index (χ1v) is 6.00. The number of rotatable bonds is 2. The molecule has 0 bridgehead atoms. The minimum Gasteiger partial charge on any atom is -0.273 e. The lowest BCUT2D eigenvalue weighted by Crippen LogP contribution is -2.37. The summed E-state index contributed by atoms with van der Waals surface area (Å²) in [6.45, 7) is 0. The van der Waals surface area contributed by atoms with Crippen molar-refractivity contribution >= 4 is 22.1 Å². The van der Waals surface area contributed by atoms with Crippen molar-refractivity contribution in [3.05, 3.63) is 0 Å². The molecule has 0 unspecified atom stereocenters. The molecule has 0 aromatic heterocycles. The maximum Gasteiger partial charge on any atom is 0.333 e. The minimum absolute atomic E-state index is 0.0799. The van der Waals surface area contributed by atoms with Crippen molar-refractivity contribution in [2.24, 2.45) is 0 Å². The third-order valence-corrected chi connectivity index (χ3v) is 3.32. The largest absolute Gasteiger partial charge is 0.333 e. The fourth-order valence-electron chi connectivity index (χ4n) is 1.04. The highest BCUT2D eigenvalue weighted by Gasteiger charge is 2.17. The van der Waals surface area contributed by atoms with E-state index in [-0.39, 0.29) is 6.04 Å². The Labute approximate surface area is 70.6 Å². The van der Waals surface area contributed by atoms with Crippen LogP contribution in [0, 0.1) is 0 Å². The van der Waals surface area contributed by atoms with Gasteiger partial charge in [0.25, 0.3) is 0 Å². The van der Waals surface area contributed by atoms with E-state index in [2.05, 4.69) is 4.72 Å². The smallest absolute Gasteiger partial charge is 0.273 e. The van der Waals surface area contributed by atoms with Crippen LogP contribution in [0.5, 0.6) is 0 Å². The summed E-state index contributed by atoms with van der Waals surface area (Å²) in [5.74, 6) is 1.85. The first-order chi connectivity index (χ1) is 5.08. The zero-order valence-corrected chi connectivity index (χ0v) is 7.62. The monoisotopic (exact) mass is 197 g/mol. The third kappa shape index (κ3) is 3.95. The molecule has 0 spiro atoms. The van der Waals surface area contributed by atoms with Crippen molar-refractivity contribution < 1.29 is 13.0 Å². The molecule has 0 amide bonds. The molecule has 4 nitrogen and oxygen atoms in total. The predicted octanol–water partition coefficient (Wildman–Crippen LogP) is 0.274. The topological polar surface area (TPSA) is 66.4 Å². The van der Waals surface area contributed by atoms with Crippen molar-refractivity contribution in [3.8, 4) is 0 Å². The Kier molecular flexibility index (Phi) is 3.17. The van der Waals surface area contributed by atoms with Gasteiger partial charge in [-0.15, -0.1) is 0 Å². The first-order valence-electron chi connectivity index (χ1n) is 3.40. The van der Waals surface area contributed by atoms with E-state index in [1.807, 2.05) is 0 Å². The van der Waals surface area contributed by atoms with Gasteiger partial charge in [-0.2, -0.15) is 24.9 Å². The first kappa shape index (κ1) is 9.31. The van der Waals surface area contributed by atoms with Crippen molar-refractivity contribution in [1.82, 2.24) is 4.72 Å². The van der Waals surface area contributed by atoms with E-state index in [9.17, 15) is 8.42 Å².